The number of hydrogen-bond acceptors (Lipinski definition) is 3. The van der Waals surface area contributed by atoms with Crippen molar-refractivity contribution in [3.05, 3.63) is 77.1 Å². The van der Waals surface area contributed by atoms with E-state index in [0.29, 0.717) is 22.7 Å². The van der Waals surface area contributed by atoms with E-state index in [4.69, 9.17) is 11.6 Å². The molecule has 0 unspecified atom stereocenters. The van der Waals surface area contributed by atoms with Gasteiger partial charge in [0.2, 0.25) is 0 Å². The summed E-state index contributed by atoms with van der Waals surface area (Å²) in [6.07, 6.45) is -3.25. The molecule has 0 spiro atoms. The second kappa shape index (κ2) is 9.21. The number of alkyl halides is 3. The van der Waals surface area contributed by atoms with Crippen molar-refractivity contribution in [2.24, 2.45) is 0 Å². The molecule has 158 valence electrons. The number of halogens is 4. The highest BCUT2D eigenvalue weighted by atomic mass is 35.5. The van der Waals surface area contributed by atoms with Crippen LogP contribution in [-0.4, -0.2) is 35.8 Å². The van der Waals surface area contributed by atoms with Gasteiger partial charge < -0.3 is 10.2 Å². The van der Waals surface area contributed by atoms with Gasteiger partial charge in [0, 0.05) is 30.8 Å². The van der Waals surface area contributed by atoms with Crippen molar-refractivity contribution in [2.45, 2.75) is 12.6 Å². The molecular formula is C21H20ClF3N4O. The minimum absolute atomic E-state index is 0.162. The Morgan fingerprint density at radius 3 is 2.43 bits per heavy atom. The first kappa shape index (κ1) is 21.7. The molecule has 2 aromatic carbocycles. The lowest BCUT2D eigenvalue weighted by Gasteiger charge is -2.19. The van der Waals surface area contributed by atoms with Gasteiger partial charge in [-0.1, -0.05) is 29.8 Å². The van der Waals surface area contributed by atoms with Crippen molar-refractivity contribution in [2.75, 3.05) is 25.0 Å². The molecule has 1 N–H and O–H groups in total. The summed E-state index contributed by atoms with van der Waals surface area (Å²) in [6, 6.07) is 15.4. The van der Waals surface area contributed by atoms with Gasteiger partial charge in [0.1, 0.15) is 0 Å². The maximum Gasteiger partial charge on any atom is 0.434 e. The summed E-state index contributed by atoms with van der Waals surface area (Å²) in [4.78, 5) is 14.4. The molecule has 3 aromatic rings. The molecule has 0 atom stereocenters. The lowest BCUT2D eigenvalue weighted by molar-refractivity contribution is -0.143. The van der Waals surface area contributed by atoms with E-state index in [2.05, 4.69) is 10.4 Å². The minimum Gasteiger partial charge on any atom is -0.375 e. The maximum absolute atomic E-state index is 13.7. The van der Waals surface area contributed by atoms with Crippen LogP contribution in [0.1, 0.15) is 22.5 Å². The summed E-state index contributed by atoms with van der Waals surface area (Å²) < 4.78 is 41.7. The number of nitrogens with one attached hydrogen (secondary N) is 1. The van der Waals surface area contributed by atoms with Crippen LogP contribution in [0.15, 0.2) is 60.8 Å². The predicted octanol–water partition coefficient (Wildman–Crippen LogP) is 4.80. The Kier molecular flexibility index (Phi) is 6.66. The number of carbonyl (C=O) groups is 1. The first-order chi connectivity index (χ1) is 14.3. The topological polar surface area (TPSA) is 50.2 Å². The fourth-order valence-corrected chi connectivity index (χ4v) is 3.12. The Balaban J connectivity index is 1.67. The van der Waals surface area contributed by atoms with E-state index in [1.165, 1.54) is 24.3 Å². The molecule has 1 aromatic heterocycles. The number of benzene rings is 2. The van der Waals surface area contributed by atoms with E-state index >= 15 is 0 Å². The van der Waals surface area contributed by atoms with Gasteiger partial charge in [-0.2, -0.15) is 18.3 Å². The monoisotopic (exact) mass is 436 g/mol. The van der Waals surface area contributed by atoms with Crippen LogP contribution >= 0.6 is 11.6 Å². The molecule has 3 rings (SSSR count). The van der Waals surface area contributed by atoms with E-state index < -0.39 is 23.3 Å². The van der Waals surface area contributed by atoms with Crippen LogP contribution in [0.3, 0.4) is 0 Å². The summed E-state index contributed by atoms with van der Waals surface area (Å²) in [7, 11) is 1.91. The average Bonchev–Trinajstić information content (AvgIpc) is 3.18. The first-order valence-electron chi connectivity index (χ1n) is 9.23. The normalized spacial score (nSPS) is 11.4. The summed E-state index contributed by atoms with van der Waals surface area (Å²) in [5, 5.41) is 6.72. The second-order valence-electron chi connectivity index (χ2n) is 6.66. The van der Waals surface area contributed by atoms with Crippen LogP contribution in [0.4, 0.5) is 18.9 Å². The fraction of sp³-hybridized carbons (Fsp3) is 0.238. The van der Waals surface area contributed by atoms with Crippen molar-refractivity contribution in [3.63, 3.8) is 0 Å². The van der Waals surface area contributed by atoms with E-state index in [-0.39, 0.29) is 12.2 Å². The van der Waals surface area contributed by atoms with Gasteiger partial charge >= 0.3 is 6.18 Å². The van der Waals surface area contributed by atoms with E-state index in [9.17, 15) is 18.0 Å². The van der Waals surface area contributed by atoms with E-state index in [1.807, 2.05) is 42.3 Å². The van der Waals surface area contributed by atoms with E-state index in [0.717, 1.165) is 11.9 Å². The lowest BCUT2D eigenvalue weighted by atomic mass is 10.2. The minimum atomic E-state index is -4.75. The van der Waals surface area contributed by atoms with Crippen molar-refractivity contribution in [3.8, 4) is 5.69 Å². The SMILES string of the molecule is CN(CCCNC(=O)c1cnn(-c2ccc(Cl)cc2)c1C(F)(F)F)c1ccccc1. The van der Waals surface area contributed by atoms with E-state index in [1.54, 1.807) is 0 Å². The molecule has 5 nitrogen and oxygen atoms in total. The third-order valence-corrected chi connectivity index (χ3v) is 4.76. The molecule has 9 heteroatoms. The predicted molar refractivity (Wildman–Crippen MR) is 110 cm³/mol. The summed E-state index contributed by atoms with van der Waals surface area (Å²) in [5.74, 6) is -0.815. The quantitative estimate of drug-likeness (QED) is 0.541. The number of carbonyl (C=O) groups excluding carboxylic acids is 1. The second-order valence-corrected chi connectivity index (χ2v) is 7.10. The van der Waals surface area contributed by atoms with Crippen LogP contribution in [-0.2, 0) is 6.18 Å². The zero-order valence-electron chi connectivity index (χ0n) is 16.2. The van der Waals surface area contributed by atoms with Crippen molar-refractivity contribution in [1.29, 1.82) is 0 Å². The van der Waals surface area contributed by atoms with Gasteiger partial charge in [-0.15, -0.1) is 0 Å². The number of hydrogen-bond donors (Lipinski definition) is 1. The zero-order chi connectivity index (χ0) is 21.7. The molecule has 0 aliphatic heterocycles. The molecule has 0 bridgehead atoms. The van der Waals surface area contributed by atoms with Crippen LogP contribution in [0.2, 0.25) is 5.02 Å². The van der Waals surface area contributed by atoms with Gasteiger partial charge in [-0.3, -0.25) is 4.79 Å². The van der Waals surface area contributed by atoms with Gasteiger partial charge in [-0.05, 0) is 42.8 Å². The molecule has 1 heterocycles. The van der Waals surface area contributed by atoms with Crippen molar-refractivity contribution in [1.82, 2.24) is 15.1 Å². The largest absolute Gasteiger partial charge is 0.434 e. The van der Waals surface area contributed by atoms with Crippen LogP contribution < -0.4 is 10.2 Å². The van der Waals surface area contributed by atoms with Crippen LogP contribution in [0.5, 0.6) is 0 Å². The highest BCUT2D eigenvalue weighted by molar-refractivity contribution is 6.30. The summed E-state index contributed by atoms with van der Waals surface area (Å²) >= 11 is 5.80. The zero-order valence-corrected chi connectivity index (χ0v) is 16.9. The van der Waals surface area contributed by atoms with Crippen LogP contribution in [0, 0.1) is 0 Å². The number of aromatic nitrogens is 2. The van der Waals surface area contributed by atoms with Crippen molar-refractivity contribution >= 4 is 23.2 Å². The number of anilines is 1. The summed E-state index contributed by atoms with van der Waals surface area (Å²) in [6.45, 7) is 0.875. The molecular weight excluding hydrogens is 417 g/mol. The number of amides is 1. The first-order valence-corrected chi connectivity index (χ1v) is 9.60. The van der Waals surface area contributed by atoms with Crippen LogP contribution in [0.25, 0.3) is 5.69 Å². The van der Waals surface area contributed by atoms with Gasteiger partial charge in [0.15, 0.2) is 5.69 Å². The number of para-hydroxylation sites is 1. The molecule has 0 saturated heterocycles. The number of rotatable bonds is 7. The Morgan fingerprint density at radius 1 is 1.13 bits per heavy atom. The molecule has 0 radical (unpaired) electrons. The fourth-order valence-electron chi connectivity index (χ4n) is 2.99. The maximum atomic E-state index is 13.7. The molecule has 1 amide bonds. The van der Waals surface area contributed by atoms with Crippen molar-refractivity contribution < 1.29 is 18.0 Å². The molecule has 0 fully saturated rings. The molecule has 0 aliphatic rings. The highest BCUT2D eigenvalue weighted by Crippen LogP contribution is 2.33. The lowest BCUT2D eigenvalue weighted by Crippen LogP contribution is -2.29. The highest BCUT2D eigenvalue weighted by Gasteiger charge is 2.40. The molecule has 0 saturated carbocycles. The van der Waals surface area contributed by atoms with Gasteiger partial charge in [-0.25, -0.2) is 4.68 Å². The Morgan fingerprint density at radius 2 is 1.80 bits per heavy atom. The third kappa shape index (κ3) is 5.13. The average molecular weight is 437 g/mol. The van der Waals surface area contributed by atoms with Gasteiger partial charge in [0.05, 0.1) is 17.4 Å². The Hall–Kier alpha value is -3.00. The smallest absolute Gasteiger partial charge is 0.375 e. The van der Waals surface area contributed by atoms with Gasteiger partial charge in [0.25, 0.3) is 5.91 Å². The Bertz CT molecular complexity index is 988. The molecule has 30 heavy (non-hydrogen) atoms. The third-order valence-electron chi connectivity index (χ3n) is 4.51. The summed E-state index contributed by atoms with van der Waals surface area (Å²) in [5.41, 5.74) is -0.458. The standard InChI is InChI=1S/C21H20ClF3N4O/c1-28(16-6-3-2-4-7-16)13-5-12-26-20(30)18-14-27-29(19(18)21(23,24)25)17-10-8-15(22)9-11-17/h2-4,6-11,14H,5,12-13H2,1H3,(H,26,30). The number of nitrogens with zero attached hydrogens (tertiary/aromatic N) is 3. The Labute approximate surface area is 177 Å². The molecule has 0 aliphatic carbocycles.